The lowest BCUT2D eigenvalue weighted by Gasteiger charge is -2.26. The molecule has 0 N–H and O–H groups in total. The largest absolute Gasteiger partial charge is 0.569 e. The number of hydrazine groups is 1. The number of hydrogen-bond acceptors (Lipinski definition) is 5. The van der Waals surface area contributed by atoms with Crippen LogP contribution in [0, 0.1) is 12.1 Å². The van der Waals surface area contributed by atoms with Gasteiger partial charge in [0.1, 0.15) is 5.82 Å². The summed E-state index contributed by atoms with van der Waals surface area (Å²) in [7, 11) is 1.61. The van der Waals surface area contributed by atoms with E-state index in [1.165, 1.54) is 5.01 Å². The van der Waals surface area contributed by atoms with Crippen molar-refractivity contribution in [3.05, 3.63) is 29.1 Å². The Hall–Kier alpha value is -2.38. The fourth-order valence-corrected chi connectivity index (χ4v) is 2.01. The van der Waals surface area contributed by atoms with Gasteiger partial charge in [0.2, 0.25) is 11.4 Å². The molecule has 8 heteroatoms. The molecule has 0 spiro atoms. The molecular formula is C15H23N5O3. The third-order valence-corrected chi connectivity index (χ3v) is 3.80. The van der Waals surface area contributed by atoms with Crippen LogP contribution in [0.4, 0.5) is 5.82 Å². The highest BCUT2D eigenvalue weighted by atomic mass is 16.7. The van der Waals surface area contributed by atoms with E-state index in [9.17, 15) is 10.0 Å². The number of nitrogens with zero attached hydrogens (tertiary/aromatic N) is 5. The summed E-state index contributed by atoms with van der Waals surface area (Å²) in [6.45, 7) is 8.04. The molecule has 1 aliphatic rings. The molecule has 126 valence electrons. The molecule has 1 aliphatic heterocycles. The van der Waals surface area contributed by atoms with Crippen molar-refractivity contribution in [3.63, 3.8) is 0 Å². The molecule has 0 radical (unpaired) electrons. The third kappa shape index (κ3) is 3.88. The minimum Gasteiger partial charge on any atom is -0.569 e. The molecule has 1 saturated heterocycles. The quantitative estimate of drug-likeness (QED) is 0.481. The number of pyridine rings is 1. The Labute approximate surface area is 135 Å². The van der Waals surface area contributed by atoms with E-state index in [-0.39, 0.29) is 5.91 Å². The van der Waals surface area contributed by atoms with Gasteiger partial charge >= 0.3 is 0 Å². The molecule has 2 heterocycles. The fourth-order valence-electron chi connectivity index (χ4n) is 2.01. The van der Waals surface area contributed by atoms with E-state index in [4.69, 9.17) is 4.84 Å². The van der Waals surface area contributed by atoms with Gasteiger partial charge in [0.25, 0.3) is 5.91 Å². The van der Waals surface area contributed by atoms with Crippen LogP contribution in [0.1, 0.15) is 32.8 Å². The Morgan fingerprint density at radius 3 is 2.74 bits per heavy atom. The number of anilines is 1. The molecule has 2 rings (SSSR count). The van der Waals surface area contributed by atoms with Gasteiger partial charge in [-0.2, -0.15) is 0 Å². The van der Waals surface area contributed by atoms with E-state index in [1.807, 2.05) is 33.8 Å². The average molecular weight is 321 g/mol. The number of hydrogen-bond donors (Lipinski definition) is 0. The Bertz CT molecular complexity index is 594. The maximum atomic E-state index is 12.3. The monoisotopic (exact) mass is 321 g/mol. The van der Waals surface area contributed by atoms with E-state index >= 15 is 0 Å². The number of carbonyl (C=O) groups is 1. The smallest absolute Gasteiger partial charge is 0.272 e. The Morgan fingerprint density at radius 2 is 2.17 bits per heavy atom. The first-order chi connectivity index (χ1) is 10.7. The summed E-state index contributed by atoms with van der Waals surface area (Å²) in [5.41, 5.74) is 0.627. The minimum absolute atomic E-state index is 0.239. The summed E-state index contributed by atoms with van der Waals surface area (Å²) in [5.74, 6) is 0.342. The Balaban J connectivity index is 2.01. The van der Waals surface area contributed by atoms with Crippen LogP contribution < -0.4 is 4.90 Å². The average Bonchev–Trinajstić information content (AvgIpc) is 2.85. The van der Waals surface area contributed by atoms with Gasteiger partial charge < -0.3 is 10.0 Å². The lowest BCUT2D eigenvalue weighted by atomic mass is 10.1. The van der Waals surface area contributed by atoms with Gasteiger partial charge in [0, 0.05) is 19.2 Å². The zero-order chi connectivity index (χ0) is 17.2. The van der Waals surface area contributed by atoms with Gasteiger partial charge in [0.15, 0.2) is 0 Å². The van der Waals surface area contributed by atoms with Crippen LogP contribution >= 0.6 is 0 Å². The summed E-state index contributed by atoms with van der Waals surface area (Å²) in [5, 5.41) is 16.7. The second kappa shape index (κ2) is 6.39. The molecule has 1 fully saturated rings. The van der Waals surface area contributed by atoms with Crippen molar-refractivity contribution in [1.29, 1.82) is 0 Å². The van der Waals surface area contributed by atoms with Crippen molar-refractivity contribution in [2.24, 2.45) is 5.28 Å². The molecular weight excluding hydrogens is 298 g/mol. The standard InChI is InChI=1S/C15H23N5O3/c1-11-6-7-13(16-10-11)19-9-8-12(14(19)21)23-17-20(22)18(5)15(2,3)4/h6-7,10,12H,8-9H2,1-5H3/b20-17-/t12-/m1/s1. The molecule has 0 aliphatic carbocycles. The van der Waals surface area contributed by atoms with Crippen molar-refractivity contribution >= 4 is 11.7 Å². The predicted molar refractivity (Wildman–Crippen MR) is 84.4 cm³/mol. The predicted octanol–water partition coefficient (Wildman–Crippen LogP) is 2.03. The maximum absolute atomic E-state index is 12.3. The summed E-state index contributed by atoms with van der Waals surface area (Å²) in [6, 6.07) is 3.69. The first kappa shape index (κ1) is 17.0. The fraction of sp³-hybridized carbons (Fsp3) is 0.600. The van der Waals surface area contributed by atoms with Gasteiger partial charge in [-0.3, -0.25) is 9.69 Å². The number of aromatic nitrogens is 1. The minimum atomic E-state index is -0.761. The number of aryl methyl sites for hydroxylation is 1. The number of rotatable bonds is 4. The summed E-state index contributed by atoms with van der Waals surface area (Å²) in [6.07, 6.45) is 1.41. The van der Waals surface area contributed by atoms with Crippen molar-refractivity contribution in [3.8, 4) is 0 Å². The van der Waals surface area contributed by atoms with Crippen molar-refractivity contribution in [1.82, 2.24) is 9.99 Å². The lowest BCUT2D eigenvalue weighted by molar-refractivity contribution is -0.720. The lowest BCUT2D eigenvalue weighted by Crippen LogP contribution is -2.42. The van der Waals surface area contributed by atoms with Gasteiger partial charge in [-0.15, -0.1) is 5.01 Å². The van der Waals surface area contributed by atoms with Crippen LogP contribution in [0.5, 0.6) is 0 Å². The van der Waals surface area contributed by atoms with Gasteiger partial charge in [0.05, 0.1) is 17.6 Å². The first-order valence-corrected chi connectivity index (χ1v) is 7.52. The van der Waals surface area contributed by atoms with Gasteiger partial charge in [-0.1, -0.05) is 6.07 Å². The van der Waals surface area contributed by atoms with Crippen molar-refractivity contribution in [2.45, 2.75) is 45.8 Å². The van der Waals surface area contributed by atoms with Gasteiger partial charge in [-0.25, -0.2) is 4.98 Å². The highest BCUT2D eigenvalue weighted by molar-refractivity contribution is 5.97. The molecule has 8 nitrogen and oxygen atoms in total. The molecule has 0 saturated carbocycles. The topological polar surface area (TPSA) is 84.1 Å². The second-order valence-corrected chi connectivity index (χ2v) is 6.60. The molecule has 0 bridgehead atoms. The molecule has 23 heavy (non-hydrogen) atoms. The SMILES string of the molecule is Cc1ccc(N2CC[C@@H](O/N=[N+](\[O-])N(C)C(C)(C)C)C2=O)nc1. The van der Waals surface area contributed by atoms with E-state index in [1.54, 1.807) is 24.2 Å². The number of carbonyl (C=O) groups excluding carboxylic acids is 1. The summed E-state index contributed by atoms with van der Waals surface area (Å²) >= 11 is 0. The second-order valence-electron chi connectivity index (χ2n) is 6.60. The van der Waals surface area contributed by atoms with E-state index in [2.05, 4.69) is 10.3 Å². The molecule has 1 amide bonds. The van der Waals surface area contributed by atoms with Crippen LogP contribution in [-0.2, 0) is 9.63 Å². The van der Waals surface area contributed by atoms with Crippen LogP contribution in [0.15, 0.2) is 23.6 Å². The Kier molecular flexibility index (Phi) is 4.72. The molecule has 0 aromatic carbocycles. The van der Waals surface area contributed by atoms with Crippen LogP contribution in [0.2, 0.25) is 0 Å². The molecule has 1 aromatic rings. The molecule has 1 atom stereocenters. The zero-order valence-electron chi connectivity index (χ0n) is 14.2. The first-order valence-electron chi connectivity index (χ1n) is 7.52. The summed E-state index contributed by atoms with van der Waals surface area (Å²) in [4.78, 5) is 23.6. The van der Waals surface area contributed by atoms with E-state index < -0.39 is 11.6 Å². The van der Waals surface area contributed by atoms with Crippen LogP contribution in [0.25, 0.3) is 0 Å². The van der Waals surface area contributed by atoms with E-state index in [0.717, 1.165) is 5.56 Å². The zero-order valence-corrected chi connectivity index (χ0v) is 14.2. The van der Waals surface area contributed by atoms with Gasteiger partial charge in [-0.05, 0) is 39.3 Å². The third-order valence-electron chi connectivity index (χ3n) is 3.80. The normalized spacial score (nSPS) is 19.2. The molecule has 1 aromatic heterocycles. The van der Waals surface area contributed by atoms with Crippen LogP contribution in [0.3, 0.4) is 0 Å². The highest BCUT2D eigenvalue weighted by Crippen LogP contribution is 2.22. The van der Waals surface area contributed by atoms with Crippen LogP contribution in [-0.4, -0.2) is 46.1 Å². The highest BCUT2D eigenvalue weighted by Gasteiger charge is 2.36. The van der Waals surface area contributed by atoms with Crippen molar-refractivity contribution < 1.29 is 14.6 Å². The molecule has 0 unspecified atom stereocenters. The summed E-state index contributed by atoms with van der Waals surface area (Å²) < 4.78 is 0. The maximum Gasteiger partial charge on any atom is 0.272 e. The Morgan fingerprint density at radius 1 is 1.48 bits per heavy atom. The van der Waals surface area contributed by atoms with Crippen molar-refractivity contribution in [2.75, 3.05) is 18.5 Å². The van der Waals surface area contributed by atoms with E-state index in [0.29, 0.717) is 23.8 Å². The number of amides is 1.